The molecule has 1 aromatic heterocycles. The average molecular weight is 463 g/mol. The molecule has 0 spiro atoms. The Hall–Kier alpha value is -3.02. The minimum absolute atomic E-state index is 0.0675. The average Bonchev–Trinajstić information content (AvgIpc) is 3.43. The number of imidazole rings is 1. The molecule has 1 fully saturated rings. The Morgan fingerprint density at radius 3 is 2.53 bits per heavy atom. The van der Waals surface area contributed by atoms with Crippen LogP contribution in [0, 0.1) is 5.41 Å². The zero-order valence-electron chi connectivity index (χ0n) is 21.0. The number of nitrogen functional groups attached to an aromatic ring is 1. The number of amides is 1. The maximum absolute atomic E-state index is 13.0. The molecule has 182 valence electrons. The molecule has 1 aliphatic rings. The molecule has 2 N–H and O–H groups in total. The fraction of sp³-hybridized carbons (Fsp3) is 0.500. The van der Waals surface area contributed by atoms with Crippen LogP contribution in [0.4, 0.5) is 5.95 Å². The van der Waals surface area contributed by atoms with Crippen molar-refractivity contribution >= 4 is 22.9 Å². The molecule has 2 aromatic carbocycles. The predicted octanol–water partition coefficient (Wildman–Crippen LogP) is 6.57. The first-order chi connectivity index (χ1) is 16.2. The van der Waals surface area contributed by atoms with Gasteiger partial charge in [-0.15, -0.1) is 0 Å². The zero-order valence-corrected chi connectivity index (χ0v) is 21.0. The van der Waals surface area contributed by atoms with E-state index in [2.05, 4.69) is 30.3 Å². The van der Waals surface area contributed by atoms with Crippen molar-refractivity contribution in [1.82, 2.24) is 14.5 Å². The minimum atomic E-state index is 0.0675. The van der Waals surface area contributed by atoms with Crippen molar-refractivity contribution < 1.29 is 9.53 Å². The highest BCUT2D eigenvalue weighted by atomic mass is 16.5. The van der Waals surface area contributed by atoms with Crippen LogP contribution in [-0.2, 0) is 4.79 Å². The molecule has 1 unspecified atom stereocenters. The third-order valence-corrected chi connectivity index (χ3v) is 6.84. The SMILES string of the molecule is CN(C(=O)CCC(CC(C)(C)C)n1c(N)nc2ccc(Oc3ccccc3)cc21)C1CCCC1. The first-order valence-electron chi connectivity index (χ1n) is 12.5. The fourth-order valence-electron chi connectivity index (χ4n) is 5.15. The van der Waals surface area contributed by atoms with Crippen LogP contribution in [-0.4, -0.2) is 33.4 Å². The second-order valence-corrected chi connectivity index (χ2v) is 10.8. The maximum atomic E-state index is 13.0. The van der Waals surface area contributed by atoms with Gasteiger partial charge in [0.2, 0.25) is 11.9 Å². The van der Waals surface area contributed by atoms with Crippen molar-refractivity contribution in [3.8, 4) is 11.5 Å². The molecule has 0 saturated heterocycles. The summed E-state index contributed by atoms with van der Waals surface area (Å²) in [6.07, 6.45) is 6.82. The number of ether oxygens (including phenoxy) is 1. The number of para-hydroxylation sites is 1. The van der Waals surface area contributed by atoms with E-state index in [-0.39, 0.29) is 17.4 Å². The van der Waals surface area contributed by atoms with Gasteiger partial charge in [-0.2, -0.15) is 0 Å². The Bertz CT molecular complexity index is 1110. The largest absolute Gasteiger partial charge is 0.457 e. The fourth-order valence-corrected chi connectivity index (χ4v) is 5.15. The van der Waals surface area contributed by atoms with Crippen LogP contribution in [0.5, 0.6) is 11.5 Å². The summed E-state index contributed by atoms with van der Waals surface area (Å²) in [6, 6.07) is 16.1. The number of aromatic nitrogens is 2. The topological polar surface area (TPSA) is 73.4 Å². The van der Waals surface area contributed by atoms with Crippen molar-refractivity contribution in [2.24, 2.45) is 5.41 Å². The number of carbonyl (C=O) groups is 1. The van der Waals surface area contributed by atoms with E-state index in [1.54, 1.807) is 0 Å². The first kappa shape index (κ1) is 24.1. The molecule has 4 rings (SSSR count). The van der Waals surface area contributed by atoms with E-state index in [0.29, 0.717) is 18.4 Å². The van der Waals surface area contributed by atoms with Crippen LogP contribution in [0.15, 0.2) is 48.5 Å². The number of hydrogen-bond donors (Lipinski definition) is 1. The molecule has 34 heavy (non-hydrogen) atoms. The number of hydrogen-bond acceptors (Lipinski definition) is 4. The van der Waals surface area contributed by atoms with Gasteiger partial charge < -0.3 is 19.9 Å². The Balaban J connectivity index is 1.60. The first-order valence-corrected chi connectivity index (χ1v) is 12.5. The third-order valence-electron chi connectivity index (χ3n) is 6.84. The zero-order chi connectivity index (χ0) is 24.3. The van der Waals surface area contributed by atoms with Crippen LogP contribution < -0.4 is 10.5 Å². The van der Waals surface area contributed by atoms with E-state index in [4.69, 9.17) is 10.5 Å². The third kappa shape index (κ3) is 5.72. The van der Waals surface area contributed by atoms with E-state index >= 15 is 0 Å². The lowest BCUT2D eigenvalue weighted by Gasteiger charge is -2.30. The van der Waals surface area contributed by atoms with E-state index in [1.807, 2.05) is 60.5 Å². The van der Waals surface area contributed by atoms with Crippen molar-refractivity contribution in [2.45, 2.75) is 77.8 Å². The Morgan fingerprint density at radius 1 is 1.15 bits per heavy atom. The smallest absolute Gasteiger partial charge is 0.222 e. The van der Waals surface area contributed by atoms with Gasteiger partial charge in [-0.25, -0.2) is 4.98 Å². The summed E-state index contributed by atoms with van der Waals surface area (Å²) in [5.41, 5.74) is 8.31. The predicted molar refractivity (Wildman–Crippen MR) is 138 cm³/mol. The van der Waals surface area contributed by atoms with Crippen LogP contribution in [0.3, 0.4) is 0 Å². The summed E-state index contributed by atoms with van der Waals surface area (Å²) in [5.74, 6) is 2.23. The standard InChI is InChI=1S/C28H38N4O2/c1-28(2,3)19-21(14-17-26(33)31(4)20-10-8-9-11-20)32-25-18-23(15-16-24(25)30-27(32)29)34-22-12-6-5-7-13-22/h5-7,12-13,15-16,18,20-21H,8-11,14,17,19H2,1-4H3,(H2,29,30). The number of nitrogens with two attached hydrogens (primary N) is 1. The molecule has 0 aliphatic heterocycles. The second-order valence-electron chi connectivity index (χ2n) is 10.8. The lowest BCUT2D eigenvalue weighted by molar-refractivity contribution is -0.132. The highest BCUT2D eigenvalue weighted by Gasteiger charge is 2.27. The molecule has 6 nitrogen and oxygen atoms in total. The molecule has 0 bridgehead atoms. The quantitative estimate of drug-likeness (QED) is 0.411. The number of benzene rings is 2. The Kier molecular flexibility index (Phi) is 7.15. The minimum Gasteiger partial charge on any atom is -0.457 e. The van der Waals surface area contributed by atoms with E-state index < -0.39 is 0 Å². The van der Waals surface area contributed by atoms with Gasteiger partial charge in [0.05, 0.1) is 11.0 Å². The van der Waals surface area contributed by atoms with Gasteiger partial charge >= 0.3 is 0 Å². The lowest BCUT2D eigenvalue weighted by atomic mass is 9.86. The monoisotopic (exact) mass is 462 g/mol. The van der Waals surface area contributed by atoms with E-state index in [0.717, 1.165) is 48.2 Å². The molecule has 0 radical (unpaired) electrons. The summed E-state index contributed by atoms with van der Waals surface area (Å²) >= 11 is 0. The van der Waals surface area contributed by atoms with Crippen molar-refractivity contribution in [2.75, 3.05) is 12.8 Å². The molecule has 1 heterocycles. The van der Waals surface area contributed by atoms with Crippen molar-refractivity contribution in [3.63, 3.8) is 0 Å². The molecule has 3 aromatic rings. The normalized spacial score (nSPS) is 15.5. The van der Waals surface area contributed by atoms with Gasteiger partial charge in [0.1, 0.15) is 11.5 Å². The summed E-state index contributed by atoms with van der Waals surface area (Å²) < 4.78 is 8.19. The van der Waals surface area contributed by atoms with Crippen LogP contribution in [0.2, 0.25) is 0 Å². The lowest BCUT2D eigenvalue weighted by Crippen LogP contribution is -2.35. The van der Waals surface area contributed by atoms with Crippen molar-refractivity contribution in [3.05, 3.63) is 48.5 Å². The van der Waals surface area contributed by atoms with Gasteiger partial charge in [0.15, 0.2) is 0 Å². The van der Waals surface area contributed by atoms with Crippen molar-refractivity contribution in [1.29, 1.82) is 0 Å². The Morgan fingerprint density at radius 2 is 1.85 bits per heavy atom. The number of fused-ring (bicyclic) bond motifs is 1. The van der Waals surface area contributed by atoms with Crippen LogP contribution >= 0.6 is 0 Å². The summed E-state index contributed by atoms with van der Waals surface area (Å²) in [7, 11) is 1.96. The number of carbonyl (C=O) groups excluding carboxylic acids is 1. The number of anilines is 1. The highest BCUT2D eigenvalue weighted by Crippen LogP contribution is 2.36. The van der Waals surface area contributed by atoms with E-state index in [9.17, 15) is 4.79 Å². The van der Waals surface area contributed by atoms with Gasteiger partial charge in [0.25, 0.3) is 0 Å². The van der Waals surface area contributed by atoms with Crippen LogP contribution in [0.25, 0.3) is 11.0 Å². The van der Waals surface area contributed by atoms with Gasteiger partial charge in [-0.1, -0.05) is 51.8 Å². The molecule has 6 heteroatoms. The number of nitrogens with zero attached hydrogens (tertiary/aromatic N) is 3. The van der Waals surface area contributed by atoms with Gasteiger partial charge in [0, 0.05) is 31.6 Å². The number of rotatable bonds is 8. The highest BCUT2D eigenvalue weighted by molar-refractivity contribution is 5.80. The molecule has 1 atom stereocenters. The Labute approximate surface area is 203 Å². The molecular formula is C28H38N4O2. The summed E-state index contributed by atoms with van der Waals surface area (Å²) in [4.78, 5) is 19.6. The van der Waals surface area contributed by atoms with Crippen LogP contribution in [0.1, 0.15) is 71.8 Å². The maximum Gasteiger partial charge on any atom is 0.222 e. The molecule has 1 amide bonds. The molecule has 1 aliphatic carbocycles. The van der Waals surface area contributed by atoms with Gasteiger partial charge in [-0.3, -0.25) is 4.79 Å². The second kappa shape index (κ2) is 10.1. The molecule has 1 saturated carbocycles. The van der Waals surface area contributed by atoms with E-state index in [1.165, 1.54) is 12.8 Å². The van der Waals surface area contributed by atoms with Gasteiger partial charge in [-0.05, 0) is 55.4 Å². The summed E-state index contributed by atoms with van der Waals surface area (Å²) in [5, 5.41) is 0. The molecular weight excluding hydrogens is 424 g/mol. The summed E-state index contributed by atoms with van der Waals surface area (Å²) in [6.45, 7) is 6.68.